The fourth-order valence-electron chi connectivity index (χ4n) is 1.28. The second kappa shape index (κ2) is 7.13. The number of hydrogen-bond donors (Lipinski definition) is 2. The van der Waals surface area contributed by atoms with E-state index < -0.39 is 0 Å². The lowest BCUT2D eigenvalue weighted by molar-refractivity contribution is -0.126. The quantitative estimate of drug-likeness (QED) is 0.769. The minimum atomic E-state index is -0.297. The number of aliphatic hydroxyl groups is 1. The summed E-state index contributed by atoms with van der Waals surface area (Å²) in [5.74, 6) is -0.160. The van der Waals surface area contributed by atoms with Crippen molar-refractivity contribution in [1.82, 2.24) is 5.32 Å². The summed E-state index contributed by atoms with van der Waals surface area (Å²) in [5.41, 5.74) is 0.746. The first kappa shape index (κ1) is 14.7. The molecule has 2 N–H and O–H groups in total. The van der Waals surface area contributed by atoms with Crippen molar-refractivity contribution in [3.8, 4) is 0 Å². The molecule has 0 aliphatic carbocycles. The molecule has 0 heterocycles. The maximum absolute atomic E-state index is 11.5. The van der Waals surface area contributed by atoms with Crippen LogP contribution in [0.1, 0.15) is 19.4 Å². The van der Waals surface area contributed by atoms with Crippen molar-refractivity contribution >= 4 is 5.91 Å². The fraction of sp³-hybridized carbons (Fsp3) is 0.500. The fourth-order valence-corrected chi connectivity index (χ4v) is 1.28. The van der Waals surface area contributed by atoms with Gasteiger partial charge in [-0.2, -0.15) is 0 Å². The highest BCUT2D eigenvalue weighted by Crippen LogP contribution is 2.10. The van der Waals surface area contributed by atoms with Gasteiger partial charge in [-0.15, -0.1) is 0 Å². The highest BCUT2D eigenvalue weighted by Gasteiger charge is 2.17. The lowest BCUT2D eigenvalue weighted by Gasteiger charge is -2.21. The van der Waals surface area contributed by atoms with Crippen LogP contribution in [0.25, 0.3) is 0 Å². The van der Waals surface area contributed by atoms with Gasteiger partial charge in [-0.05, 0) is 5.56 Å². The first-order chi connectivity index (χ1) is 8.53. The lowest BCUT2D eigenvalue weighted by atomic mass is 9.95. The van der Waals surface area contributed by atoms with E-state index in [1.807, 2.05) is 44.2 Å². The molecule has 1 rings (SSSR count). The van der Waals surface area contributed by atoms with E-state index in [1.54, 1.807) is 0 Å². The van der Waals surface area contributed by atoms with Crippen molar-refractivity contribution in [1.29, 1.82) is 0 Å². The lowest BCUT2D eigenvalue weighted by Crippen LogP contribution is -2.37. The van der Waals surface area contributed by atoms with E-state index in [-0.39, 0.29) is 24.5 Å². The molecule has 0 spiro atoms. The zero-order chi connectivity index (χ0) is 13.4. The number of carbonyl (C=O) groups is 1. The number of nitrogens with one attached hydrogen (secondary N) is 1. The summed E-state index contributed by atoms with van der Waals surface area (Å²) in [6, 6.07) is 9.71. The van der Waals surface area contributed by atoms with Gasteiger partial charge in [0.25, 0.3) is 0 Å². The van der Waals surface area contributed by atoms with E-state index in [1.165, 1.54) is 0 Å². The van der Waals surface area contributed by atoms with Gasteiger partial charge < -0.3 is 15.2 Å². The molecule has 4 heteroatoms. The van der Waals surface area contributed by atoms with Crippen molar-refractivity contribution in [3.05, 3.63) is 35.9 Å². The highest BCUT2D eigenvalue weighted by atomic mass is 16.5. The minimum absolute atomic E-state index is 0.0381. The summed E-state index contributed by atoms with van der Waals surface area (Å²) >= 11 is 0. The molecule has 0 saturated heterocycles. The van der Waals surface area contributed by atoms with E-state index >= 15 is 0 Å². The molecule has 0 aromatic heterocycles. The molecule has 1 aromatic carbocycles. The van der Waals surface area contributed by atoms with E-state index in [0.29, 0.717) is 13.2 Å². The number of ether oxygens (including phenoxy) is 1. The second-order valence-corrected chi connectivity index (χ2v) is 5.08. The number of rotatable bonds is 7. The van der Waals surface area contributed by atoms with Crippen LogP contribution in [0.5, 0.6) is 0 Å². The molecule has 0 unspecified atom stereocenters. The molecule has 100 valence electrons. The molecule has 0 bridgehead atoms. The van der Waals surface area contributed by atoms with Crippen LogP contribution in [0.4, 0.5) is 0 Å². The molecule has 0 fully saturated rings. The first-order valence-corrected chi connectivity index (χ1v) is 6.03. The molecule has 0 aliphatic rings. The summed E-state index contributed by atoms with van der Waals surface area (Å²) in [4.78, 5) is 11.5. The van der Waals surface area contributed by atoms with E-state index in [0.717, 1.165) is 5.56 Å². The molecule has 1 aromatic rings. The Hall–Kier alpha value is -1.39. The van der Waals surface area contributed by atoms with Gasteiger partial charge in [0.05, 0.1) is 6.61 Å². The van der Waals surface area contributed by atoms with Crippen LogP contribution in [0.2, 0.25) is 0 Å². The Bertz CT molecular complexity index is 363. The normalized spacial score (nSPS) is 11.3. The van der Waals surface area contributed by atoms with Gasteiger partial charge in [0, 0.05) is 18.6 Å². The average molecular weight is 251 g/mol. The first-order valence-electron chi connectivity index (χ1n) is 6.03. The summed E-state index contributed by atoms with van der Waals surface area (Å²) < 4.78 is 5.31. The van der Waals surface area contributed by atoms with Crippen LogP contribution < -0.4 is 5.32 Å². The smallest absolute Gasteiger partial charge is 0.246 e. The molecule has 0 saturated carbocycles. The molecule has 18 heavy (non-hydrogen) atoms. The van der Waals surface area contributed by atoms with Crippen LogP contribution in [-0.2, 0) is 16.1 Å². The van der Waals surface area contributed by atoms with Gasteiger partial charge in [-0.25, -0.2) is 0 Å². The molecule has 1 amide bonds. The zero-order valence-electron chi connectivity index (χ0n) is 11.0. The Kier molecular flexibility index (Phi) is 5.82. The second-order valence-electron chi connectivity index (χ2n) is 5.08. The topological polar surface area (TPSA) is 58.6 Å². The monoisotopic (exact) mass is 251 g/mol. The number of carbonyl (C=O) groups excluding carboxylic acids is 1. The SMILES string of the molecule is CC(C)(CO)CNC(=O)COCc1ccccc1. The molecule has 0 aliphatic heterocycles. The molecular formula is C14H21NO3. The van der Waals surface area contributed by atoms with Crippen molar-refractivity contribution < 1.29 is 14.6 Å². The summed E-state index contributed by atoms with van der Waals surface area (Å²) in [5, 5.41) is 11.8. The summed E-state index contributed by atoms with van der Waals surface area (Å²) in [7, 11) is 0. The third-order valence-electron chi connectivity index (χ3n) is 2.54. The molecular weight excluding hydrogens is 230 g/mol. The van der Waals surface area contributed by atoms with E-state index in [9.17, 15) is 4.79 Å². The standard InChI is InChI=1S/C14H21NO3/c1-14(2,11-16)10-15-13(17)9-18-8-12-6-4-3-5-7-12/h3-7,16H,8-11H2,1-2H3,(H,15,17). The third-order valence-corrected chi connectivity index (χ3v) is 2.54. The number of amides is 1. The average Bonchev–Trinajstić information content (AvgIpc) is 2.38. The maximum atomic E-state index is 11.5. The van der Waals surface area contributed by atoms with Crippen LogP contribution in [0.15, 0.2) is 30.3 Å². The highest BCUT2D eigenvalue weighted by molar-refractivity contribution is 5.77. The minimum Gasteiger partial charge on any atom is -0.396 e. The van der Waals surface area contributed by atoms with Crippen molar-refractivity contribution in [2.75, 3.05) is 19.8 Å². The van der Waals surface area contributed by atoms with Crippen molar-refractivity contribution in [2.24, 2.45) is 5.41 Å². The van der Waals surface area contributed by atoms with Gasteiger partial charge in [0.1, 0.15) is 6.61 Å². The number of hydrogen-bond acceptors (Lipinski definition) is 3. The summed E-state index contributed by atoms with van der Waals surface area (Å²) in [6.07, 6.45) is 0. The van der Waals surface area contributed by atoms with Crippen LogP contribution in [-0.4, -0.2) is 30.8 Å². The zero-order valence-corrected chi connectivity index (χ0v) is 11.0. The predicted molar refractivity (Wildman–Crippen MR) is 70.0 cm³/mol. The van der Waals surface area contributed by atoms with Gasteiger partial charge in [0.15, 0.2) is 0 Å². The van der Waals surface area contributed by atoms with Crippen LogP contribution in [0, 0.1) is 5.41 Å². The van der Waals surface area contributed by atoms with Gasteiger partial charge in [-0.3, -0.25) is 4.79 Å². The van der Waals surface area contributed by atoms with Crippen LogP contribution in [0.3, 0.4) is 0 Å². The predicted octanol–water partition coefficient (Wildman–Crippen LogP) is 1.34. The van der Waals surface area contributed by atoms with E-state index in [2.05, 4.69) is 5.32 Å². The van der Waals surface area contributed by atoms with Crippen molar-refractivity contribution in [2.45, 2.75) is 20.5 Å². The Morgan fingerprint density at radius 3 is 2.61 bits per heavy atom. The number of aliphatic hydroxyl groups excluding tert-OH is 1. The van der Waals surface area contributed by atoms with Gasteiger partial charge in [0.2, 0.25) is 5.91 Å². The van der Waals surface area contributed by atoms with Gasteiger partial charge >= 0.3 is 0 Å². The Morgan fingerprint density at radius 1 is 1.33 bits per heavy atom. The third kappa shape index (κ3) is 5.80. The molecule has 0 atom stereocenters. The maximum Gasteiger partial charge on any atom is 0.246 e. The van der Waals surface area contributed by atoms with Gasteiger partial charge in [-0.1, -0.05) is 44.2 Å². The summed E-state index contributed by atoms with van der Waals surface area (Å²) in [6.45, 7) is 4.72. The Morgan fingerprint density at radius 2 is 2.00 bits per heavy atom. The van der Waals surface area contributed by atoms with E-state index in [4.69, 9.17) is 9.84 Å². The largest absolute Gasteiger partial charge is 0.396 e. The Balaban J connectivity index is 2.18. The van der Waals surface area contributed by atoms with Crippen molar-refractivity contribution in [3.63, 3.8) is 0 Å². The Labute approximate surface area is 108 Å². The number of benzene rings is 1. The molecule has 0 radical (unpaired) electrons. The molecule has 4 nitrogen and oxygen atoms in total. The van der Waals surface area contributed by atoms with Crippen LogP contribution >= 0.6 is 0 Å².